The molecule has 104 valence electrons. The Balaban J connectivity index is 1.84. The van der Waals surface area contributed by atoms with Gasteiger partial charge in [0.05, 0.1) is 6.61 Å². The Bertz CT molecular complexity index is 432. The number of ether oxygens (including phenoxy) is 1. The van der Waals surface area contributed by atoms with Gasteiger partial charge in [-0.3, -0.25) is 9.69 Å². The lowest BCUT2D eigenvalue weighted by Gasteiger charge is -2.20. The van der Waals surface area contributed by atoms with Crippen molar-refractivity contribution < 1.29 is 9.53 Å². The van der Waals surface area contributed by atoms with Gasteiger partial charge in [0.15, 0.2) is 5.78 Å². The quantitative estimate of drug-likeness (QED) is 0.686. The minimum atomic E-state index is 0.158. The number of Topliss-reactive ketones (excluding diaryl/α,β-unsaturated/α-hetero) is 1. The smallest absolute Gasteiger partial charge is 0.164 e. The van der Waals surface area contributed by atoms with Gasteiger partial charge in [-0.25, -0.2) is 0 Å². The summed E-state index contributed by atoms with van der Waals surface area (Å²) in [7, 11) is 1.71. The number of hydrogen-bond acceptors (Lipinski definition) is 3. The summed E-state index contributed by atoms with van der Waals surface area (Å²) in [6, 6.07) is 7.82. The summed E-state index contributed by atoms with van der Waals surface area (Å²) in [5.41, 5.74) is 0.704. The Hall–Kier alpha value is -0.900. The van der Waals surface area contributed by atoms with Crippen molar-refractivity contribution in [2.45, 2.75) is 25.3 Å². The Morgan fingerprint density at radius 2 is 2.21 bits per heavy atom. The van der Waals surface area contributed by atoms with Gasteiger partial charge >= 0.3 is 0 Å². The molecule has 0 spiro atoms. The molecule has 19 heavy (non-hydrogen) atoms. The minimum absolute atomic E-state index is 0.158. The fourth-order valence-electron chi connectivity index (χ4n) is 2.18. The van der Waals surface area contributed by atoms with Crippen LogP contribution in [0.1, 0.15) is 29.6 Å². The van der Waals surface area contributed by atoms with E-state index in [1.807, 2.05) is 12.1 Å². The number of hydrogen-bond donors (Lipinski definition) is 0. The summed E-state index contributed by atoms with van der Waals surface area (Å²) in [6.07, 6.45) is 3.03. The second-order valence-corrected chi connectivity index (χ2v) is 5.38. The molecule has 4 heteroatoms. The van der Waals surface area contributed by atoms with Gasteiger partial charge < -0.3 is 4.74 Å². The van der Waals surface area contributed by atoms with Crippen molar-refractivity contribution in [3.63, 3.8) is 0 Å². The SMILES string of the molecule is COCCN(CCC(=O)c1cccc(Cl)c1)C1CC1. The van der Waals surface area contributed by atoms with E-state index in [0.717, 1.165) is 19.7 Å². The molecule has 0 saturated heterocycles. The summed E-state index contributed by atoms with van der Waals surface area (Å²) in [6.45, 7) is 2.44. The van der Waals surface area contributed by atoms with Crippen LogP contribution in [-0.2, 0) is 4.74 Å². The van der Waals surface area contributed by atoms with Gasteiger partial charge in [-0.1, -0.05) is 23.7 Å². The first kappa shape index (κ1) is 14.5. The normalized spacial score (nSPS) is 14.9. The highest BCUT2D eigenvalue weighted by molar-refractivity contribution is 6.31. The number of halogens is 1. The molecule has 1 aromatic carbocycles. The molecule has 1 aromatic rings. The molecule has 0 radical (unpaired) electrons. The first-order valence-electron chi connectivity index (χ1n) is 6.72. The summed E-state index contributed by atoms with van der Waals surface area (Å²) < 4.78 is 5.11. The number of carbonyl (C=O) groups is 1. The predicted molar refractivity (Wildman–Crippen MR) is 76.9 cm³/mol. The maximum atomic E-state index is 12.1. The van der Waals surface area contributed by atoms with Crippen molar-refractivity contribution in [2.24, 2.45) is 0 Å². The minimum Gasteiger partial charge on any atom is -0.383 e. The van der Waals surface area contributed by atoms with Crippen LogP contribution in [0.25, 0.3) is 0 Å². The maximum Gasteiger partial charge on any atom is 0.164 e. The fourth-order valence-corrected chi connectivity index (χ4v) is 2.37. The standard InChI is InChI=1S/C15H20ClNO2/c1-19-10-9-17(14-5-6-14)8-7-15(18)12-3-2-4-13(16)11-12/h2-4,11,14H,5-10H2,1H3. The van der Waals surface area contributed by atoms with E-state index in [1.54, 1.807) is 19.2 Å². The van der Waals surface area contributed by atoms with Gasteiger partial charge in [0.25, 0.3) is 0 Å². The van der Waals surface area contributed by atoms with E-state index in [9.17, 15) is 4.79 Å². The Kier molecular flexibility index (Phi) is 5.37. The molecule has 0 atom stereocenters. The van der Waals surface area contributed by atoms with Crippen molar-refractivity contribution in [2.75, 3.05) is 26.8 Å². The molecule has 2 rings (SSSR count). The van der Waals surface area contributed by atoms with E-state index in [1.165, 1.54) is 12.8 Å². The van der Waals surface area contributed by atoms with Gasteiger partial charge in [-0.05, 0) is 25.0 Å². The number of benzene rings is 1. The van der Waals surface area contributed by atoms with Crippen molar-refractivity contribution in [3.05, 3.63) is 34.9 Å². The predicted octanol–water partition coefficient (Wildman–Crippen LogP) is 3.02. The van der Waals surface area contributed by atoms with E-state index in [2.05, 4.69) is 4.90 Å². The molecule has 1 fully saturated rings. The average Bonchev–Trinajstić information content (AvgIpc) is 3.23. The van der Waals surface area contributed by atoms with E-state index in [4.69, 9.17) is 16.3 Å². The van der Waals surface area contributed by atoms with E-state index in [0.29, 0.717) is 23.0 Å². The van der Waals surface area contributed by atoms with Gasteiger partial charge in [0.1, 0.15) is 0 Å². The molecular formula is C15H20ClNO2. The first-order valence-corrected chi connectivity index (χ1v) is 7.10. The lowest BCUT2D eigenvalue weighted by atomic mass is 10.1. The highest BCUT2D eigenvalue weighted by Crippen LogP contribution is 2.26. The van der Waals surface area contributed by atoms with Gasteiger partial charge in [-0.2, -0.15) is 0 Å². The lowest BCUT2D eigenvalue weighted by molar-refractivity contribution is 0.0945. The summed E-state index contributed by atoms with van der Waals surface area (Å²) in [5.74, 6) is 0.158. The summed E-state index contributed by atoms with van der Waals surface area (Å²) in [5, 5.41) is 0.615. The fraction of sp³-hybridized carbons (Fsp3) is 0.533. The molecule has 0 heterocycles. The van der Waals surface area contributed by atoms with Crippen molar-refractivity contribution in [1.29, 1.82) is 0 Å². The van der Waals surface area contributed by atoms with Crippen LogP contribution in [-0.4, -0.2) is 43.5 Å². The van der Waals surface area contributed by atoms with Crippen LogP contribution >= 0.6 is 11.6 Å². The van der Waals surface area contributed by atoms with Gasteiger partial charge in [-0.15, -0.1) is 0 Å². The third kappa shape index (κ3) is 4.60. The third-order valence-electron chi connectivity index (χ3n) is 3.42. The zero-order valence-corrected chi connectivity index (χ0v) is 12.0. The van der Waals surface area contributed by atoms with Crippen LogP contribution < -0.4 is 0 Å². The molecule has 0 aliphatic heterocycles. The van der Waals surface area contributed by atoms with Crippen LogP contribution in [0.3, 0.4) is 0 Å². The third-order valence-corrected chi connectivity index (χ3v) is 3.65. The molecule has 1 saturated carbocycles. The van der Waals surface area contributed by atoms with E-state index in [-0.39, 0.29) is 5.78 Å². The average molecular weight is 282 g/mol. The largest absolute Gasteiger partial charge is 0.383 e. The van der Waals surface area contributed by atoms with Gasteiger partial charge in [0.2, 0.25) is 0 Å². The molecule has 0 unspecified atom stereocenters. The highest BCUT2D eigenvalue weighted by atomic mass is 35.5. The highest BCUT2D eigenvalue weighted by Gasteiger charge is 2.28. The number of nitrogens with zero attached hydrogens (tertiary/aromatic N) is 1. The molecule has 1 aliphatic rings. The van der Waals surface area contributed by atoms with Crippen molar-refractivity contribution >= 4 is 17.4 Å². The van der Waals surface area contributed by atoms with Crippen LogP contribution in [0.4, 0.5) is 0 Å². The number of carbonyl (C=O) groups excluding carboxylic acids is 1. The molecule has 0 aromatic heterocycles. The van der Waals surface area contributed by atoms with E-state index >= 15 is 0 Å². The lowest BCUT2D eigenvalue weighted by Crippen LogP contribution is -2.31. The Labute approximate surface area is 119 Å². The maximum absolute atomic E-state index is 12.1. The Morgan fingerprint density at radius 1 is 1.42 bits per heavy atom. The van der Waals surface area contributed by atoms with Crippen molar-refractivity contribution in [1.82, 2.24) is 4.90 Å². The van der Waals surface area contributed by atoms with Crippen LogP contribution in [0, 0.1) is 0 Å². The second kappa shape index (κ2) is 7.04. The molecule has 0 bridgehead atoms. The summed E-state index contributed by atoms with van der Waals surface area (Å²) in [4.78, 5) is 14.5. The topological polar surface area (TPSA) is 29.5 Å². The zero-order valence-electron chi connectivity index (χ0n) is 11.3. The molecule has 3 nitrogen and oxygen atoms in total. The molecule has 1 aliphatic carbocycles. The first-order chi connectivity index (χ1) is 9.20. The molecule has 0 N–H and O–H groups in total. The van der Waals surface area contributed by atoms with Crippen LogP contribution in [0.5, 0.6) is 0 Å². The van der Waals surface area contributed by atoms with Crippen LogP contribution in [0.2, 0.25) is 5.02 Å². The number of ketones is 1. The number of rotatable bonds is 8. The Morgan fingerprint density at radius 3 is 2.84 bits per heavy atom. The van der Waals surface area contributed by atoms with Crippen LogP contribution in [0.15, 0.2) is 24.3 Å². The second-order valence-electron chi connectivity index (χ2n) is 4.94. The molecular weight excluding hydrogens is 262 g/mol. The van der Waals surface area contributed by atoms with Crippen molar-refractivity contribution in [3.8, 4) is 0 Å². The van der Waals surface area contributed by atoms with Gasteiger partial charge in [0, 0.05) is 43.2 Å². The zero-order chi connectivity index (χ0) is 13.7. The number of methoxy groups -OCH3 is 1. The van der Waals surface area contributed by atoms with E-state index < -0.39 is 0 Å². The molecule has 0 amide bonds. The monoisotopic (exact) mass is 281 g/mol. The summed E-state index contributed by atoms with van der Waals surface area (Å²) >= 11 is 5.90.